The Morgan fingerprint density at radius 2 is 1.97 bits per heavy atom. The standard InChI is InChI=1S/C19H25N3O3.C2HF3O2/c1-24-8-7-22-14-19(10-18(22)23)13-21(6-9-25-15-19)12-17-4-2-16(11-20)3-5-17;3-2(4,5)1(6)7/h2-5H,6-10,12-15H2,1H3;(H,6,7). The number of nitriles is 1. The Labute approximate surface area is 184 Å². The zero-order valence-corrected chi connectivity index (χ0v) is 17.7. The molecular formula is C21H26F3N3O5. The number of amides is 1. The lowest BCUT2D eigenvalue weighted by atomic mass is 9.87. The summed E-state index contributed by atoms with van der Waals surface area (Å²) in [7, 11) is 1.66. The van der Waals surface area contributed by atoms with Gasteiger partial charge in [-0.3, -0.25) is 9.69 Å². The average Bonchev–Trinajstić information content (AvgIpc) is 2.91. The Bertz CT molecular complexity index is 825. The smallest absolute Gasteiger partial charge is 0.475 e. The van der Waals surface area contributed by atoms with Crippen molar-refractivity contribution >= 4 is 11.9 Å². The van der Waals surface area contributed by atoms with Crippen molar-refractivity contribution in [2.75, 3.05) is 53.1 Å². The molecule has 1 atom stereocenters. The highest BCUT2D eigenvalue weighted by Gasteiger charge is 2.45. The molecule has 2 aliphatic rings. The second-order valence-electron chi connectivity index (χ2n) is 7.86. The van der Waals surface area contributed by atoms with E-state index in [0.29, 0.717) is 38.3 Å². The monoisotopic (exact) mass is 457 g/mol. The fourth-order valence-electron chi connectivity index (χ4n) is 3.75. The molecule has 1 unspecified atom stereocenters. The number of benzene rings is 1. The second kappa shape index (κ2) is 11.3. The fraction of sp³-hybridized carbons (Fsp3) is 0.571. The summed E-state index contributed by atoms with van der Waals surface area (Å²) in [6, 6.07) is 9.85. The third-order valence-corrected chi connectivity index (χ3v) is 5.22. The zero-order chi connectivity index (χ0) is 23.8. The quantitative estimate of drug-likeness (QED) is 0.720. The summed E-state index contributed by atoms with van der Waals surface area (Å²) in [4.78, 5) is 25.5. The predicted octanol–water partition coefficient (Wildman–Crippen LogP) is 1.89. The SMILES string of the molecule is COCCN1CC2(COCCN(Cc3ccc(C#N)cc3)C2)CC1=O.O=C(O)C(F)(F)F. The van der Waals surface area contributed by atoms with Crippen molar-refractivity contribution in [3.05, 3.63) is 35.4 Å². The summed E-state index contributed by atoms with van der Waals surface area (Å²) >= 11 is 0. The van der Waals surface area contributed by atoms with E-state index in [-0.39, 0.29) is 11.3 Å². The maximum Gasteiger partial charge on any atom is 0.490 e. The molecule has 8 nitrogen and oxygen atoms in total. The van der Waals surface area contributed by atoms with Gasteiger partial charge in [-0.2, -0.15) is 18.4 Å². The van der Waals surface area contributed by atoms with E-state index in [9.17, 15) is 18.0 Å². The number of carbonyl (C=O) groups excluding carboxylic acids is 1. The number of methoxy groups -OCH3 is 1. The molecule has 1 aromatic carbocycles. The average molecular weight is 457 g/mol. The van der Waals surface area contributed by atoms with E-state index in [4.69, 9.17) is 24.6 Å². The van der Waals surface area contributed by atoms with Crippen molar-refractivity contribution in [3.8, 4) is 6.07 Å². The van der Waals surface area contributed by atoms with E-state index >= 15 is 0 Å². The summed E-state index contributed by atoms with van der Waals surface area (Å²) in [5, 5.41) is 16.0. The molecule has 0 aromatic heterocycles. The van der Waals surface area contributed by atoms with Crippen molar-refractivity contribution in [1.82, 2.24) is 9.80 Å². The molecule has 2 saturated heterocycles. The summed E-state index contributed by atoms with van der Waals surface area (Å²) in [5.74, 6) is -2.56. The Morgan fingerprint density at radius 3 is 2.53 bits per heavy atom. The number of nitrogens with zero attached hydrogens (tertiary/aromatic N) is 3. The summed E-state index contributed by atoms with van der Waals surface area (Å²) in [5.41, 5.74) is 1.72. The van der Waals surface area contributed by atoms with Crippen LogP contribution in [0.15, 0.2) is 24.3 Å². The van der Waals surface area contributed by atoms with E-state index in [0.717, 1.165) is 26.2 Å². The molecule has 0 saturated carbocycles. The molecule has 176 valence electrons. The van der Waals surface area contributed by atoms with Crippen LogP contribution in [0, 0.1) is 16.7 Å². The van der Waals surface area contributed by atoms with Crippen LogP contribution in [0.25, 0.3) is 0 Å². The first kappa shape index (κ1) is 25.6. The van der Waals surface area contributed by atoms with Crippen molar-refractivity contribution < 1.29 is 37.3 Å². The first-order valence-electron chi connectivity index (χ1n) is 9.94. The molecule has 1 aromatic rings. The van der Waals surface area contributed by atoms with Gasteiger partial charge in [0.2, 0.25) is 5.91 Å². The number of carboxylic acids is 1. The van der Waals surface area contributed by atoms with Crippen LogP contribution >= 0.6 is 0 Å². The van der Waals surface area contributed by atoms with Crippen LogP contribution in [0.4, 0.5) is 13.2 Å². The van der Waals surface area contributed by atoms with Crippen LogP contribution in [0.1, 0.15) is 17.5 Å². The van der Waals surface area contributed by atoms with Crippen LogP contribution in [-0.4, -0.2) is 86.1 Å². The number of alkyl halides is 3. The Hall–Kier alpha value is -2.68. The summed E-state index contributed by atoms with van der Waals surface area (Å²) in [6.07, 6.45) is -4.54. The van der Waals surface area contributed by atoms with Crippen molar-refractivity contribution in [2.24, 2.45) is 5.41 Å². The lowest BCUT2D eigenvalue weighted by molar-refractivity contribution is -0.192. The molecule has 2 aliphatic heterocycles. The summed E-state index contributed by atoms with van der Waals surface area (Å²) in [6.45, 7) is 5.78. The van der Waals surface area contributed by atoms with Gasteiger partial charge in [-0.1, -0.05) is 12.1 Å². The Balaban J connectivity index is 0.000000451. The first-order valence-corrected chi connectivity index (χ1v) is 9.94. The normalized spacial score (nSPS) is 21.6. The van der Waals surface area contributed by atoms with Gasteiger partial charge in [-0.25, -0.2) is 4.79 Å². The maximum absolute atomic E-state index is 12.4. The molecule has 1 N–H and O–H groups in total. The van der Waals surface area contributed by atoms with Crippen molar-refractivity contribution in [3.63, 3.8) is 0 Å². The molecule has 1 amide bonds. The first-order chi connectivity index (χ1) is 15.1. The van der Waals surface area contributed by atoms with Gasteiger partial charge in [0.1, 0.15) is 0 Å². The molecule has 0 radical (unpaired) electrons. The zero-order valence-electron chi connectivity index (χ0n) is 17.7. The van der Waals surface area contributed by atoms with Crippen molar-refractivity contribution in [1.29, 1.82) is 5.26 Å². The molecule has 2 heterocycles. The lowest BCUT2D eigenvalue weighted by Gasteiger charge is -2.31. The van der Waals surface area contributed by atoms with E-state index in [1.807, 2.05) is 29.2 Å². The number of halogens is 3. The van der Waals surface area contributed by atoms with Crippen LogP contribution in [0.3, 0.4) is 0 Å². The minimum absolute atomic E-state index is 0.131. The molecule has 1 spiro atoms. The molecular weight excluding hydrogens is 431 g/mol. The van der Waals surface area contributed by atoms with Gasteiger partial charge < -0.3 is 19.5 Å². The largest absolute Gasteiger partial charge is 0.490 e. The number of likely N-dealkylation sites (tertiary alicyclic amines) is 1. The summed E-state index contributed by atoms with van der Waals surface area (Å²) < 4.78 is 42.7. The van der Waals surface area contributed by atoms with Crippen molar-refractivity contribution in [2.45, 2.75) is 19.1 Å². The molecule has 3 rings (SSSR count). The lowest BCUT2D eigenvalue weighted by Crippen LogP contribution is -2.40. The number of carboxylic acid groups (broad SMARTS) is 1. The molecule has 0 bridgehead atoms. The van der Waals surface area contributed by atoms with Gasteiger partial charge in [0, 0.05) is 51.7 Å². The molecule has 32 heavy (non-hydrogen) atoms. The highest BCUT2D eigenvalue weighted by Crippen LogP contribution is 2.34. The third kappa shape index (κ3) is 7.47. The maximum atomic E-state index is 12.4. The number of ether oxygens (including phenoxy) is 2. The predicted molar refractivity (Wildman–Crippen MR) is 106 cm³/mol. The number of aliphatic carboxylic acids is 1. The van der Waals surface area contributed by atoms with Crippen LogP contribution in [-0.2, 0) is 25.6 Å². The van der Waals surface area contributed by atoms with Crippen LogP contribution in [0.2, 0.25) is 0 Å². The molecule has 0 aliphatic carbocycles. The van der Waals surface area contributed by atoms with E-state index in [2.05, 4.69) is 11.0 Å². The van der Waals surface area contributed by atoms with Gasteiger partial charge >= 0.3 is 12.1 Å². The van der Waals surface area contributed by atoms with Gasteiger partial charge in [0.15, 0.2) is 0 Å². The van der Waals surface area contributed by atoms with Gasteiger partial charge in [0.05, 0.1) is 31.5 Å². The minimum Gasteiger partial charge on any atom is -0.475 e. The van der Waals surface area contributed by atoms with E-state index in [1.165, 1.54) is 5.56 Å². The van der Waals surface area contributed by atoms with E-state index in [1.54, 1.807) is 7.11 Å². The number of hydrogen-bond donors (Lipinski definition) is 1. The number of rotatable bonds is 5. The Kier molecular flexibility index (Phi) is 9.00. The Morgan fingerprint density at radius 1 is 1.31 bits per heavy atom. The van der Waals surface area contributed by atoms with Crippen LogP contribution in [0.5, 0.6) is 0 Å². The second-order valence-corrected chi connectivity index (χ2v) is 7.86. The number of hydrogen-bond acceptors (Lipinski definition) is 6. The fourth-order valence-corrected chi connectivity index (χ4v) is 3.75. The van der Waals surface area contributed by atoms with Gasteiger partial charge in [-0.15, -0.1) is 0 Å². The topological polar surface area (TPSA) is 103 Å². The third-order valence-electron chi connectivity index (χ3n) is 5.22. The molecule has 2 fully saturated rings. The van der Waals surface area contributed by atoms with Gasteiger partial charge in [-0.05, 0) is 17.7 Å². The van der Waals surface area contributed by atoms with Crippen LogP contribution < -0.4 is 0 Å². The van der Waals surface area contributed by atoms with Gasteiger partial charge in [0.25, 0.3) is 0 Å². The number of carbonyl (C=O) groups is 2. The highest BCUT2D eigenvalue weighted by atomic mass is 19.4. The molecule has 11 heteroatoms. The minimum atomic E-state index is -5.08. The van der Waals surface area contributed by atoms with E-state index < -0.39 is 12.1 Å². The highest BCUT2D eigenvalue weighted by molar-refractivity contribution is 5.79.